The van der Waals surface area contributed by atoms with Gasteiger partial charge in [0.25, 0.3) is 0 Å². The maximum atomic E-state index is 11.3. The molecule has 8 heteroatoms. The van der Waals surface area contributed by atoms with Crippen molar-refractivity contribution < 1.29 is 18.3 Å². The summed E-state index contributed by atoms with van der Waals surface area (Å²) < 4.78 is 23.9. The fourth-order valence-corrected chi connectivity index (χ4v) is 2.65. The molecule has 7 nitrogen and oxygen atoms in total. The van der Waals surface area contributed by atoms with Crippen molar-refractivity contribution in [3.8, 4) is 0 Å². The van der Waals surface area contributed by atoms with Crippen molar-refractivity contribution >= 4 is 16.0 Å². The van der Waals surface area contributed by atoms with E-state index in [-0.39, 0.29) is 12.6 Å². The van der Waals surface area contributed by atoms with Crippen molar-refractivity contribution in [2.45, 2.75) is 24.9 Å². The van der Waals surface area contributed by atoms with Gasteiger partial charge in [0.15, 0.2) is 0 Å². The highest BCUT2D eigenvalue weighted by molar-refractivity contribution is 7.88. The minimum atomic E-state index is -3.11. The molecule has 0 bridgehead atoms. The number of piperidine rings is 1. The second-order valence-electron chi connectivity index (χ2n) is 4.29. The van der Waals surface area contributed by atoms with E-state index in [4.69, 9.17) is 10.8 Å². The summed E-state index contributed by atoms with van der Waals surface area (Å²) in [6.07, 6.45) is 2.56. The molecule has 0 spiro atoms. The zero-order chi connectivity index (χ0) is 13.1. The second kappa shape index (κ2) is 5.76. The third-order valence-corrected chi connectivity index (χ3v) is 4.17. The van der Waals surface area contributed by atoms with Gasteiger partial charge in [-0.2, -0.15) is 0 Å². The first-order valence-electron chi connectivity index (χ1n) is 5.47. The number of aliphatic carboxylic acids is 1. The summed E-state index contributed by atoms with van der Waals surface area (Å²) in [4.78, 5) is 10.5. The van der Waals surface area contributed by atoms with E-state index in [0.717, 1.165) is 0 Å². The van der Waals surface area contributed by atoms with Gasteiger partial charge in [-0.3, -0.25) is 4.79 Å². The molecule has 100 valence electrons. The zero-order valence-corrected chi connectivity index (χ0v) is 10.6. The second-order valence-corrected chi connectivity index (χ2v) is 6.27. The Kier molecular flexibility index (Phi) is 4.87. The van der Waals surface area contributed by atoms with Crippen molar-refractivity contribution in [1.82, 2.24) is 9.62 Å². The van der Waals surface area contributed by atoms with E-state index >= 15 is 0 Å². The highest BCUT2D eigenvalue weighted by atomic mass is 32.2. The van der Waals surface area contributed by atoms with Crippen LogP contribution in [0.3, 0.4) is 0 Å². The Bertz CT molecular complexity index is 362. The molecule has 0 aliphatic carbocycles. The molecule has 0 aromatic heterocycles. The van der Waals surface area contributed by atoms with Gasteiger partial charge in [0.1, 0.15) is 6.04 Å². The molecule has 1 unspecified atom stereocenters. The van der Waals surface area contributed by atoms with Crippen molar-refractivity contribution in [1.29, 1.82) is 0 Å². The van der Waals surface area contributed by atoms with Crippen LogP contribution in [0.25, 0.3) is 0 Å². The number of carboxylic acid groups (broad SMARTS) is 1. The van der Waals surface area contributed by atoms with E-state index in [0.29, 0.717) is 25.9 Å². The van der Waals surface area contributed by atoms with E-state index < -0.39 is 22.0 Å². The smallest absolute Gasteiger partial charge is 0.321 e. The lowest BCUT2D eigenvalue weighted by atomic mass is 10.1. The van der Waals surface area contributed by atoms with Gasteiger partial charge in [0.05, 0.1) is 6.26 Å². The van der Waals surface area contributed by atoms with Crippen LogP contribution in [0.5, 0.6) is 0 Å². The van der Waals surface area contributed by atoms with Crippen LogP contribution >= 0.6 is 0 Å². The highest BCUT2D eigenvalue weighted by Gasteiger charge is 2.25. The molecule has 1 aliphatic heterocycles. The van der Waals surface area contributed by atoms with Gasteiger partial charge < -0.3 is 16.2 Å². The van der Waals surface area contributed by atoms with E-state index in [9.17, 15) is 13.2 Å². The third kappa shape index (κ3) is 4.58. The van der Waals surface area contributed by atoms with Crippen LogP contribution in [-0.4, -0.2) is 61.8 Å². The van der Waals surface area contributed by atoms with Gasteiger partial charge in [-0.05, 0) is 12.8 Å². The van der Waals surface area contributed by atoms with Crippen LogP contribution in [0.15, 0.2) is 0 Å². The van der Waals surface area contributed by atoms with Crippen molar-refractivity contribution in [3.05, 3.63) is 0 Å². The molecule has 0 saturated carbocycles. The van der Waals surface area contributed by atoms with Crippen LogP contribution in [0.1, 0.15) is 12.8 Å². The van der Waals surface area contributed by atoms with Crippen LogP contribution in [0.2, 0.25) is 0 Å². The van der Waals surface area contributed by atoms with Gasteiger partial charge in [0.2, 0.25) is 10.0 Å². The quantitative estimate of drug-likeness (QED) is 0.552. The summed E-state index contributed by atoms with van der Waals surface area (Å²) in [6, 6.07) is -0.777. The Hall–Kier alpha value is -0.700. The number of nitrogens with two attached hydrogens (primary N) is 1. The molecule has 0 aromatic carbocycles. The fourth-order valence-electron chi connectivity index (χ4n) is 1.77. The minimum Gasteiger partial charge on any atom is -0.480 e. The number of carbonyl (C=O) groups is 1. The SMILES string of the molecule is CS(=O)(=O)N1CCC(NCC(N)C(=O)O)CC1. The van der Waals surface area contributed by atoms with Gasteiger partial charge in [-0.15, -0.1) is 0 Å². The fraction of sp³-hybridized carbons (Fsp3) is 0.889. The molecule has 1 fully saturated rings. The Morgan fingerprint density at radius 3 is 2.47 bits per heavy atom. The topological polar surface area (TPSA) is 113 Å². The van der Waals surface area contributed by atoms with Crippen molar-refractivity contribution in [2.75, 3.05) is 25.9 Å². The van der Waals surface area contributed by atoms with Crippen LogP contribution in [0.4, 0.5) is 0 Å². The average Bonchev–Trinajstić information content (AvgIpc) is 2.25. The minimum absolute atomic E-state index is 0.137. The van der Waals surface area contributed by atoms with Gasteiger partial charge in [-0.25, -0.2) is 12.7 Å². The maximum absolute atomic E-state index is 11.3. The zero-order valence-electron chi connectivity index (χ0n) is 9.80. The number of carboxylic acids is 1. The Balaban J connectivity index is 2.31. The lowest BCUT2D eigenvalue weighted by molar-refractivity contribution is -0.138. The molecular formula is C9H19N3O4S. The predicted molar refractivity (Wildman–Crippen MR) is 63.1 cm³/mol. The first-order chi connectivity index (χ1) is 7.80. The molecule has 4 N–H and O–H groups in total. The molecule has 0 radical (unpaired) electrons. The van der Waals surface area contributed by atoms with Gasteiger partial charge in [0, 0.05) is 25.7 Å². The average molecular weight is 265 g/mol. The normalized spacial score (nSPS) is 21.3. The third-order valence-electron chi connectivity index (χ3n) is 2.87. The lowest BCUT2D eigenvalue weighted by Gasteiger charge is -2.31. The highest BCUT2D eigenvalue weighted by Crippen LogP contribution is 2.12. The number of hydrogen-bond acceptors (Lipinski definition) is 5. The van der Waals surface area contributed by atoms with Crippen molar-refractivity contribution in [3.63, 3.8) is 0 Å². The summed E-state index contributed by atoms with van der Waals surface area (Å²) in [5.41, 5.74) is 5.36. The molecule has 1 saturated heterocycles. The van der Waals surface area contributed by atoms with E-state index in [1.165, 1.54) is 10.6 Å². The molecule has 1 atom stereocenters. The Morgan fingerprint density at radius 2 is 2.06 bits per heavy atom. The summed E-state index contributed by atoms with van der Waals surface area (Å²) in [5.74, 6) is -1.04. The molecule has 1 rings (SSSR count). The monoisotopic (exact) mass is 265 g/mol. The van der Waals surface area contributed by atoms with Crippen LogP contribution < -0.4 is 11.1 Å². The maximum Gasteiger partial charge on any atom is 0.321 e. The molecular weight excluding hydrogens is 246 g/mol. The van der Waals surface area contributed by atoms with Crippen LogP contribution in [-0.2, 0) is 14.8 Å². The molecule has 1 aliphatic rings. The first kappa shape index (κ1) is 14.4. The largest absolute Gasteiger partial charge is 0.480 e. The van der Waals surface area contributed by atoms with Crippen molar-refractivity contribution in [2.24, 2.45) is 5.73 Å². The molecule has 0 amide bonds. The summed E-state index contributed by atoms with van der Waals surface area (Å²) >= 11 is 0. The van der Waals surface area contributed by atoms with E-state index in [2.05, 4.69) is 5.32 Å². The number of nitrogens with one attached hydrogen (secondary N) is 1. The van der Waals surface area contributed by atoms with E-state index in [1.54, 1.807) is 0 Å². The first-order valence-corrected chi connectivity index (χ1v) is 7.32. The summed E-state index contributed by atoms with van der Waals surface area (Å²) in [7, 11) is -3.11. The lowest BCUT2D eigenvalue weighted by Crippen LogP contribution is -2.48. The van der Waals surface area contributed by atoms with E-state index in [1.807, 2.05) is 0 Å². The number of hydrogen-bond donors (Lipinski definition) is 3. The Labute approximate surface area is 101 Å². The summed E-state index contributed by atoms with van der Waals surface area (Å²) in [5, 5.41) is 11.7. The molecule has 1 heterocycles. The van der Waals surface area contributed by atoms with Crippen LogP contribution in [0, 0.1) is 0 Å². The molecule has 0 aromatic rings. The summed E-state index contributed by atoms with van der Waals surface area (Å²) in [6.45, 7) is 1.15. The standard InChI is InChI=1S/C9H19N3O4S/c1-17(15,16)12-4-2-7(3-5-12)11-6-8(10)9(13)14/h7-8,11H,2-6,10H2,1H3,(H,13,14). The van der Waals surface area contributed by atoms with Gasteiger partial charge >= 0.3 is 5.97 Å². The number of sulfonamides is 1. The Morgan fingerprint density at radius 1 is 1.53 bits per heavy atom. The number of rotatable bonds is 5. The predicted octanol–water partition coefficient (Wildman–Crippen LogP) is -1.59. The van der Waals surface area contributed by atoms with Gasteiger partial charge in [-0.1, -0.05) is 0 Å². The number of nitrogens with zero attached hydrogens (tertiary/aromatic N) is 1. The molecule has 17 heavy (non-hydrogen) atoms.